The molecule has 1 unspecified atom stereocenters. The van der Waals surface area contributed by atoms with Crippen molar-refractivity contribution in [2.24, 2.45) is 5.92 Å². The molecule has 4 nitrogen and oxygen atoms in total. The van der Waals surface area contributed by atoms with Crippen molar-refractivity contribution in [3.63, 3.8) is 0 Å². The van der Waals surface area contributed by atoms with E-state index in [1.807, 2.05) is 20.8 Å². The van der Waals surface area contributed by atoms with Gasteiger partial charge in [-0.1, -0.05) is 6.92 Å². The van der Waals surface area contributed by atoms with Crippen LogP contribution in [0, 0.1) is 5.92 Å². The number of carbonyl (C=O) groups excluding carboxylic acids is 1. The third-order valence-electron chi connectivity index (χ3n) is 2.70. The second kappa shape index (κ2) is 6.86. The standard InChI is InChI=1S/C12H24O4/c1-9(11(15)8-13)6-5-7-12(3,4)16-10(2)14/h9,11,13,15H,5-8H2,1-4H3/t9-,11?/m0/s1. The molecule has 96 valence electrons. The molecular weight excluding hydrogens is 208 g/mol. The minimum absolute atomic E-state index is 0.0677. The molecule has 0 aliphatic rings. The Kier molecular flexibility index (Phi) is 6.60. The van der Waals surface area contributed by atoms with Crippen LogP contribution in [-0.4, -0.2) is 34.5 Å². The molecule has 0 saturated heterocycles. The van der Waals surface area contributed by atoms with Crippen molar-refractivity contribution >= 4 is 5.97 Å². The summed E-state index contributed by atoms with van der Waals surface area (Å²) < 4.78 is 5.16. The van der Waals surface area contributed by atoms with Gasteiger partial charge in [0.2, 0.25) is 0 Å². The van der Waals surface area contributed by atoms with Crippen molar-refractivity contribution in [2.75, 3.05) is 6.61 Å². The fourth-order valence-electron chi connectivity index (χ4n) is 1.66. The molecule has 2 N–H and O–H groups in total. The molecule has 16 heavy (non-hydrogen) atoms. The zero-order valence-corrected chi connectivity index (χ0v) is 10.7. The lowest BCUT2D eigenvalue weighted by atomic mass is 9.94. The number of esters is 1. The highest BCUT2D eigenvalue weighted by molar-refractivity contribution is 5.66. The van der Waals surface area contributed by atoms with Crippen LogP contribution in [-0.2, 0) is 9.53 Å². The van der Waals surface area contributed by atoms with Crippen molar-refractivity contribution in [1.29, 1.82) is 0 Å². The third-order valence-corrected chi connectivity index (χ3v) is 2.70. The van der Waals surface area contributed by atoms with E-state index in [4.69, 9.17) is 9.84 Å². The lowest BCUT2D eigenvalue weighted by Gasteiger charge is -2.25. The number of aliphatic hydroxyl groups is 2. The number of rotatable bonds is 7. The highest BCUT2D eigenvalue weighted by Gasteiger charge is 2.21. The SMILES string of the molecule is CC(=O)OC(C)(C)CCC[C@H](C)C(O)CO. The minimum Gasteiger partial charge on any atom is -0.460 e. The molecule has 2 atom stereocenters. The van der Waals surface area contributed by atoms with E-state index in [0.717, 1.165) is 19.3 Å². The smallest absolute Gasteiger partial charge is 0.303 e. The number of hydrogen-bond donors (Lipinski definition) is 2. The Hall–Kier alpha value is -0.610. The molecule has 0 aromatic carbocycles. The van der Waals surface area contributed by atoms with E-state index in [1.165, 1.54) is 6.92 Å². The van der Waals surface area contributed by atoms with Crippen molar-refractivity contribution in [3.05, 3.63) is 0 Å². The molecule has 0 heterocycles. The summed E-state index contributed by atoms with van der Waals surface area (Å²) in [6.07, 6.45) is 1.77. The molecule has 0 spiro atoms. The maximum atomic E-state index is 10.8. The van der Waals surface area contributed by atoms with Gasteiger partial charge in [-0.2, -0.15) is 0 Å². The monoisotopic (exact) mass is 232 g/mol. The average molecular weight is 232 g/mol. The van der Waals surface area contributed by atoms with Crippen LogP contribution in [0.25, 0.3) is 0 Å². The quantitative estimate of drug-likeness (QED) is 0.653. The molecule has 0 aromatic rings. The Balaban J connectivity index is 3.84. The largest absolute Gasteiger partial charge is 0.460 e. The van der Waals surface area contributed by atoms with E-state index in [0.29, 0.717) is 0 Å². The minimum atomic E-state index is -0.656. The third kappa shape index (κ3) is 6.80. The van der Waals surface area contributed by atoms with E-state index >= 15 is 0 Å². The lowest BCUT2D eigenvalue weighted by molar-refractivity contribution is -0.154. The van der Waals surface area contributed by atoms with E-state index in [9.17, 15) is 9.90 Å². The second-order valence-electron chi connectivity index (χ2n) is 4.97. The number of ether oxygens (including phenoxy) is 1. The molecule has 0 rings (SSSR count). The Labute approximate surface area is 97.6 Å². The highest BCUT2D eigenvalue weighted by atomic mass is 16.6. The highest BCUT2D eigenvalue weighted by Crippen LogP contribution is 2.21. The van der Waals surface area contributed by atoms with Gasteiger partial charge in [0.05, 0.1) is 12.7 Å². The van der Waals surface area contributed by atoms with E-state index in [2.05, 4.69) is 0 Å². The van der Waals surface area contributed by atoms with Crippen molar-refractivity contribution in [2.45, 2.75) is 58.7 Å². The first-order valence-electron chi connectivity index (χ1n) is 5.77. The molecule has 0 fully saturated rings. The Morgan fingerprint density at radius 1 is 1.44 bits per heavy atom. The summed E-state index contributed by atoms with van der Waals surface area (Å²) in [6.45, 7) is 6.86. The number of carbonyl (C=O) groups is 1. The van der Waals surface area contributed by atoms with Crippen molar-refractivity contribution in [1.82, 2.24) is 0 Å². The van der Waals surface area contributed by atoms with Crippen LogP contribution in [0.1, 0.15) is 47.0 Å². The topological polar surface area (TPSA) is 66.8 Å². The predicted octanol–water partition coefficient (Wildman–Crippen LogP) is 1.49. The summed E-state index contributed by atoms with van der Waals surface area (Å²) in [5, 5.41) is 18.1. The van der Waals surface area contributed by atoms with Gasteiger partial charge in [-0.15, -0.1) is 0 Å². The van der Waals surface area contributed by atoms with Crippen LogP contribution in [0.4, 0.5) is 0 Å². The average Bonchev–Trinajstić information content (AvgIpc) is 2.13. The van der Waals surface area contributed by atoms with Gasteiger partial charge in [-0.3, -0.25) is 4.79 Å². The first-order valence-corrected chi connectivity index (χ1v) is 5.77. The Morgan fingerprint density at radius 3 is 2.44 bits per heavy atom. The summed E-state index contributed by atoms with van der Waals surface area (Å²) in [7, 11) is 0. The predicted molar refractivity (Wildman–Crippen MR) is 62.0 cm³/mol. The van der Waals surface area contributed by atoms with Gasteiger partial charge in [-0.05, 0) is 39.0 Å². The van der Waals surface area contributed by atoms with Gasteiger partial charge in [0.25, 0.3) is 0 Å². The summed E-state index contributed by atoms with van der Waals surface area (Å²) in [5.41, 5.74) is -0.449. The van der Waals surface area contributed by atoms with Gasteiger partial charge in [-0.25, -0.2) is 0 Å². The van der Waals surface area contributed by atoms with Crippen LogP contribution in [0.15, 0.2) is 0 Å². The molecule has 0 aliphatic heterocycles. The molecule has 0 bridgehead atoms. The Bertz CT molecular complexity index is 213. The Morgan fingerprint density at radius 2 is 2.00 bits per heavy atom. The lowest BCUT2D eigenvalue weighted by Crippen LogP contribution is -2.27. The normalized spacial score (nSPS) is 15.6. The van der Waals surface area contributed by atoms with Crippen LogP contribution in [0.5, 0.6) is 0 Å². The maximum Gasteiger partial charge on any atom is 0.303 e. The van der Waals surface area contributed by atoms with Crippen molar-refractivity contribution < 1.29 is 19.7 Å². The van der Waals surface area contributed by atoms with Gasteiger partial charge >= 0.3 is 5.97 Å². The van der Waals surface area contributed by atoms with E-state index < -0.39 is 11.7 Å². The van der Waals surface area contributed by atoms with Gasteiger partial charge < -0.3 is 14.9 Å². The van der Waals surface area contributed by atoms with Crippen LogP contribution >= 0.6 is 0 Å². The second-order valence-corrected chi connectivity index (χ2v) is 4.97. The molecule has 0 radical (unpaired) electrons. The summed E-state index contributed by atoms with van der Waals surface area (Å²) in [6, 6.07) is 0. The fraction of sp³-hybridized carbons (Fsp3) is 0.917. The zero-order chi connectivity index (χ0) is 12.8. The fourth-order valence-corrected chi connectivity index (χ4v) is 1.66. The molecule has 0 amide bonds. The van der Waals surface area contributed by atoms with E-state index in [-0.39, 0.29) is 18.5 Å². The van der Waals surface area contributed by atoms with Crippen LogP contribution < -0.4 is 0 Å². The summed E-state index contributed by atoms with van der Waals surface area (Å²) >= 11 is 0. The number of aliphatic hydroxyl groups excluding tert-OH is 2. The van der Waals surface area contributed by atoms with Gasteiger partial charge in [0.15, 0.2) is 0 Å². The van der Waals surface area contributed by atoms with Gasteiger partial charge in [0, 0.05) is 6.92 Å². The zero-order valence-electron chi connectivity index (χ0n) is 10.7. The van der Waals surface area contributed by atoms with Crippen LogP contribution in [0.2, 0.25) is 0 Å². The van der Waals surface area contributed by atoms with Crippen LogP contribution in [0.3, 0.4) is 0 Å². The number of hydrogen-bond acceptors (Lipinski definition) is 4. The molecule has 0 saturated carbocycles. The molecule has 0 aromatic heterocycles. The van der Waals surface area contributed by atoms with E-state index in [1.54, 1.807) is 0 Å². The molecule has 4 heteroatoms. The van der Waals surface area contributed by atoms with Crippen molar-refractivity contribution in [3.8, 4) is 0 Å². The molecule has 0 aliphatic carbocycles. The first-order chi connectivity index (χ1) is 7.28. The van der Waals surface area contributed by atoms with Gasteiger partial charge in [0.1, 0.15) is 5.60 Å². The first kappa shape index (κ1) is 15.4. The maximum absolute atomic E-state index is 10.8. The molecular formula is C12H24O4. The summed E-state index contributed by atoms with van der Waals surface area (Å²) in [5.74, 6) is -0.202. The summed E-state index contributed by atoms with van der Waals surface area (Å²) in [4.78, 5) is 10.8.